The summed E-state index contributed by atoms with van der Waals surface area (Å²) in [5, 5.41) is 0. The van der Waals surface area contributed by atoms with Crippen LogP contribution in [-0.2, 0) is 19.5 Å². The first-order valence-corrected chi connectivity index (χ1v) is 7.15. The third-order valence-corrected chi connectivity index (χ3v) is 5.21. The Bertz CT molecular complexity index is 438. The van der Waals surface area contributed by atoms with E-state index in [1.54, 1.807) is 0 Å². The van der Waals surface area contributed by atoms with Crippen molar-refractivity contribution >= 4 is 27.1 Å². The third kappa shape index (κ3) is 3.56. The molecule has 96 valence electrons. The van der Waals surface area contributed by atoms with Crippen LogP contribution in [-0.4, -0.2) is 27.9 Å². The Morgan fingerprint density at radius 1 is 0.812 bits per heavy atom. The lowest BCUT2D eigenvalue weighted by Gasteiger charge is -2.03. The molecular formula is C2F6NO4PS2. The molecule has 0 fully saturated rings. The zero-order valence-electron chi connectivity index (χ0n) is 6.61. The van der Waals surface area contributed by atoms with Crippen LogP contribution in [0.5, 0.6) is 0 Å². The predicted octanol–water partition coefficient (Wildman–Crippen LogP) is 1.82. The maximum absolute atomic E-state index is 11.6. The van der Waals surface area contributed by atoms with Gasteiger partial charge in [0.2, 0.25) is 0 Å². The molecule has 0 aromatic rings. The molecule has 0 rings (SSSR count). The Labute approximate surface area is 86.1 Å². The topological polar surface area (TPSA) is 80.6 Å². The van der Waals surface area contributed by atoms with E-state index in [1.807, 2.05) is 0 Å². The van der Waals surface area contributed by atoms with Gasteiger partial charge in [0.25, 0.3) is 0 Å². The smallest absolute Gasteiger partial charge is 0.209 e. The average Bonchev–Trinajstić information content (AvgIpc) is 1.97. The molecular weight excluding hydrogens is 311 g/mol. The molecule has 0 N–H and O–H groups in total. The van der Waals surface area contributed by atoms with E-state index in [0.29, 0.717) is 0 Å². The lowest BCUT2D eigenvalue weighted by atomic mass is 11.6. The van der Waals surface area contributed by atoms with E-state index in [2.05, 4.69) is 0 Å². The minimum absolute atomic E-state index is 1.48. The summed E-state index contributed by atoms with van der Waals surface area (Å²) in [5.74, 6) is 0. The lowest BCUT2D eigenvalue weighted by molar-refractivity contribution is -0.0438. The Morgan fingerprint density at radius 3 is 1.44 bits per heavy atom. The third-order valence-electron chi connectivity index (χ3n) is 0.833. The number of hydrogen-bond acceptors (Lipinski definition) is 4. The maximum Gasteiger partial charge on any atom is 0.518 e. The normalized spacial score (nSPS) is 15.6. The van der Waals surface area contributed by atoms with Crippen LogP contribution < -0.4 is 0 Å². The minimum atomic E-state index is -6.26. The molecule has 0 saturated heterocycles. The molecule has 0 spiro atoms. The van der Waals surface area contributed by atoms with Gasteiger partial charge in [-0.1, -0.05) is 0 Å². The molecule has 0 atom stereocenters. The molecule has 0 aliphatic heterocycles. The first-order valence-electron chi connectivity index (χ1n) is 2.77. The van der Waals surface area contributed by atoms with Gasteiger partial charge >= 0.3 is 30.5 Å². The van der Waals surface area contributed by atoms with Crippen LogP contribution in [0.2, 0.25) is 0 Å². The van der Waals surface area contributed by atoms with E-state index in [4.69, 9.17) is 0 Å². The molecule has 16 heavy (non-hydrogen) atoms. The zero-order valence-corrected chi connectivity index (χ0v) is 9.14. The number of sulfonamides is 1. The standard InChI is InChI=1S/C2F6NO4PS2/c3-1(4,5)15(10,11)9-14-16(12,13)2(6,7)8. The van der Waals surface area contributed by atoms with Crippen molar-refractivity contribution in [2.75, 3.05) is 0 Å². The summed E-state index contributed by atoms with van der Waals surface area (Å²) < 4.78 is 111. The quantitative estimate of drug-likeness (QED) is 0.575. The van der Waals surface area contributed by atoms with E-state index < -0.39 is 38.1 Å². The van der Waals surface area contributed by atoms with Gasteiger partial charge in [0.1, 0.15) is 0 Å². The lowest BCUT2D eigenvalue weighted by Crippen LogP contribution is -2.21. The molecule has 0 radical (unpaired) electrons. The number of alkyl halides is 6. The predicted molar refractivity (Wildman–Crippen MR) is 39.3 cm³/mol. The molecule has 0 aromatic heterocycles. The fourth-order valence-corrected chi connectivity index (χ4v) is 3.20. The van der Waals surface area contributed by atoms with Crippen LogP contribution in [0.25, 0.3) is 0 Å². The highest BCUT2D eigenvalue weighted by Gasteiger charge is 2.49. The summed E-state index contributed by atoms with van der Waals surface area (Å²) >= 11 is 0. The van der Waals surface area contributed by atoms with E-state index >= 15 is 0 Å². The Balaban J connectivity index is 5.36. The monoisotopic (exact) mass is 311 g/mol. The summed E-state index contributed by atoms with van der Waals surface area (Å²) in [6, 6.07) is 0. The molecule has 0 amide bonds. The van der Waals surface area contributed by atoms with Crippen molar-refractivity contribution in [3.63, 3.8) is 0 Å². The highest BCUT2D eigenvalue weighted by Crippen LogP contribution is 2.35. The van der Waals surface area contributed by atoms with Crippen molar-refractivity contribution in [1.29, 1.82) is 0 Å². The molecule has 0 bridgehead atoms. The van der Waals surface area contributed by atoms with E-state index in [-0.39, 0.29) is 0 Å². The molecule has 0 heterocycles. The first kappa shape index (κ1) is 15.6. The van der Waals surface area contributed by atoms with Gasteiger partial charge < -0.3 is 0 Å². The molecule has 0 aliphatic carbocycles. The largest absolute Gasteiger partial charge is 0.518 e. The van der Waals surface area contributed by atoms with Crippen molar-refractivity contribution < 1.29 is 43.2 Å². The Morgan fingerprint density at radius 2 is 1.19 bits per heavy atom. The zero-order chi connectivity index (χ0) is 13.4. The second-order valence-corrected chi connectivity index (χ2v) is 7.58. The van der Waals surface area contributed by atoms with Crippen LogP contribution >= 0.6 is 7.57 Å². The first-order chi connectivity index (χ1) is 6.71. The van der Waals surface area contributed by atoms with E-state index in [1.165, 1.54) is 4.15 Å². The second kappa shape index (κ2) is 4.11. The summed E-state index contributed by atoms with van der Waals surface area (Å²) in [7, 11) is -14.6. The van der Waals surface area contributed by atoms with Crippen LogP contribution in [0.1, 0.15) is 0 Å². The van der Waals surface area contributed by atoms with E-state index in [0.717, 1.165) is 0 Å². The summed E-state index contributed by atoms with van der Waals surface area (Å²) in [4.78, 5) is 0. The van der Waals surface area contributed by atoms with Gasteiger partial charge in [0.05, 0.1) is 0 Å². The van der Waals surface area contributed by atoms with E-state index in [9.17, 15) is 43.2 Å². The van der Waals surface area contributed by atoms with Gasteiger partial charge in [-0.05, 0) is 0 Å². The molecule has 0 aromatic carbocycles. The SMILES string of the molecule is O=S(=O)(N=PS(=O)(=O)C(F)(F)F)C(F)(F)F. The van der Waals surface area contributed by atoms with Crippen LogP contribution in [0.3, 0.4) is 0 Å². The van der Waals surface area contributed by atoms with Crippen LogP contribution in [0, 0.1) is 0 Å². The Hall–Kier alpha value is -0.420. The average molecular weight is 311 g/mol. The molecule has 0 unspecified atom stereocenters. The van der Waals surface area contributed by atoms with Crippen molar-refractivity contribution in [3.05, 3.63) is 0 Å². The van der Waals surface area contributed by atoms with Crippen molar-refractivity contribution in [3.8, 4) is 0 Å². The Kier molecular flexibility index (Phi) is 4.00. The fourth-order valence-electron chi connectivity index (χ4n) is 0.180. The number of hydrogen-bond donors (Lipinski definition) is 0. The fraction of sp³-hybridized carbons (Fsp3) is 1.00. The van der Waals surface area contributed by atoms with Gasteiger partial charge in [-0.3, -0.25) is 0 Å². The summed E-state index contributed by atoms with van der Waals surface area (Å²) in [6.07, 6.45) is 0. The molecule has 0 saturated carbocycles. The summed E-state index contributed by atoms with van der Waals surface area (Å²) in [6.45, 7) is 0. The molecule has 0 aliphatic rings. The number of nitrogens with zero attached hydrogens (tertiary/aromatic N) is 1. The maximum atomic E-state index is 11.6. The van der Waals surface area contributed by atoms with Crippen molar-refractivity contribution in [1.82, 2.24) is 0 Å². The second-order valence-electron chi connectivity index (χ2n) is 2.00. The number of rotatable bonds is 2. The van der Waals surface area contributed by atoms with Gasteiger partial charge in [0.15, 0.2) is 7.57 Å². The van der Waals surface area contributed by atoms with Crippen LogP contribution in [0.4, 0.5) is 26.3 Å². The summed E-state index contributed by atoms with van der Waals surface area (Å²) in [5.41, 5.74) is -11.8. The highest BCUT2D eigenvalue weighted by atomic mass is 32.7. The molecule has 5 nitrogen and oxygen atoms in total. The minimum Gasteiger partial charge on any atom is -0.209 e. The van der Waals surface area contributed by atoms with Crippen molar-refractivity contribution in [2.24, 2.45) is 4.15 Å². The highest BCUT2D eigenvalue weighted by molar-refractivity contribution is 8.41. The van der Waals surface area contributed by atoms with Crippen molar-refractivity contribution in [2.45, 2.75) is 11.0 Å². The van der Waals surface area contributed by atoms with Gasteiger partial charge in [-0.25, -0.2) is 8.42 Å². The van der Waals surface area contributed by atoms with Gasteiger partial charge in [-0.2, -0.15) is 34.8 Å². The molecule has 14 heteroatoms. The number of halogens is 6. The van der Waals surface area contributed by atoms with Gasteiger partial charge in [0, 0.05) is 0 Å². The van der Waals surface area contributed by atoms with Crippen LogP contribution in [0.15, 0.2) is 4.15 Å². The van der Waals surface area contributed by atoms with Gasteiger partial charge in [-0.15, -0.1) is 4.15 Å².